The van der Waals surface area contributed by atoms with Crippen molar-refractivity contribution < 1.29 is 33.6 Å². The molecule has 0 aliphatic carbocycles. The van der Waals surface area contributed by atoms with E-state index in [1.807, 2.05) is 48.5 Å². The number of aromatic nitrogens is 1. The quantitative estimate of drug-likeness (QED) is 0.189. The molecule has 0 spiro atoms. The Hall–Kier alpha value is -5.94. The Morgan fingerprint density at radius 3 is 2.31 bits per heavy atom. The average Bonchev–Trinajstić information content (AvgIpc) is 3.44. The fourth-order valence-electron chi connectivity index (χ4n) is 5.56. The number of esters is 1. The normalized spacial score (nSPS) is 14.1. The third-order valence-corrected chi connectivity index (χ3v) is 8.88. The highest BCUT2D eigenvalue weighted by Crippen LogP contribution is 2.38. The van der Waals surface area contributed by atoms with E-state index in [9.17, 15) is 19.5 Å². The minimum atomic E-state index is -1.00. The molecule has 5 aromatic rings. The second kappa shape index (κ2) is 14.4. The third kappa shape index (κ3) is 6.74. The van der Waals surface area contributed by atoms with E-state index in [1.54, 1.807) is 49.4 Å². The second-order valence-corrected chi connectivity index (χ2v) is 11.9. The molecule has 10 nitrogen and oxygen atoms in total. The van der Waals surface area contributed by atoms with Crippen LogP contribution >= 0.6 is 11.3 Å². The van der Waals surface area contributed by atoms with Crippen molar-refractivity contribution in [1.82, 2.24) is 4.57 Å². The fraction of sp³-hybridized carbons (Fsp3) is 0.158. The van der Waals surface area contributed by atoms with Crippen molar-refractivity contribution in [3.63, 3.8) is 0 Å². The highest BCUT2D eigenvalue weighted by atomic mass is 32.1. The van der Waals surface area contributed by atoms with Crippen molar-refractivity contribution in [2.45, 2.75) is 19.6 Å². The maximum Gasteiger partial charge on any atom is 0.338 e. The number of carboxylic acid groups (broad SMARTS) is 1. The van der Waals surface area contributed by atoms with E-state index in [2.05, 4.69) is 0 Å². The van der Waals surface area contributed by atoms with Gasteiger partial charge in [-0.05, 0) is 54.5 Å². The van der Waals surface area contributed by atoms with Crippen LogP contribution in [0.25, 0.3) is 11.8 Å². The Morgan fingerprint density at radius 2 is 1.61 bits per heavy atom. The van der Waals surface area contributed by atoms with Gasteiger partial charge in [-0.1, -0.05) is 78.1 Å². The van der Waals surface area contributed by atoms with Gasteiger partial charge in [0.05, 0.1) is 48.2 Å². The second-order valence-electron chi connectivity index (χ2n) is 10.9. The fourth-order valence-corrected chi connectivity index (χ4v) is 6.55. The topological polar surface area (TPSA) is 126 Å². The first-order chi connectivity index (χ1) is 23.8. The van der Waals surface area contributed by atoms with Crippen molar-refractivity contribution in [3.8, 4) is 17.2 Å². The lowest BCUT2D eigenvalue weighted by Crippen LogP contribution is -2.40. The van der Waals surface area contributed by atoms with Gasteiger partial charge in [-0.25, -0.2) is 14.6 Å². The average molecular weight is 677 g/mol. The molecule has 0 radical (unpaired) electrons. The van der Waals surface area contributed by atoms with Gasteiger partial charge in [0.2, 0.25) is 0 Å². The number of ether oxygens (including phenoxy) is 4. The molecular weight excluding hydrogens is 644 g/mol. The standard InChI is InChI=1S/C38H32N2O8S/c1-4-47-37(44)32-33(24-10-6-5-7-11-24)39-38-40(34(32)27-18-19-29(45-2)30(20-27)46-3)35(41)31(49-38)21-26-12-8-9-13-28(26)48-22-23-14-16-25(17-15-23)36(42)43/h5-21,34H,4,22H2,1-3H3,(H,42,43)/b31-21-/t34-/m0/s1. The number of carbonyl (C=O) groups excluding carboxylic acids is 1. The van der Waals surface area contributed by atoms with Gasteiger partial charge in [0.1, 0.15) is 12.4 Å². The maximum absolute atomic E-state index is 14.4. The summed E-state index contributed by atoms with van der Waals surface area (Å²) in [7, 11) is 3.06. The number of para-hydroxylation sites is 1. The van der Waals surface area contributed by atoms with Crippen molar-refractivity contribution in [1.29, 1.82) is 0 Å². The van der Waals surface area contributed by atoms with Crippen LogP contribution in [0.2, 0.25) is 0 Å². The predicted molar refractivity (Wildman–Crippen MR) is 185 cm³/mol. The van der Waals surface area contributed by atoms with E-state index in [-0.39, 0.29) is 29.9 Å². The highest BCUT2D eigenvalue weighted by Gasteiger charge is 2.35. The molecule has 0 fully saturated rings. The van der Waals surface area contributed by atoms with E-state index in [1.165, 1.54) is 42.3 Å². The van der Waals surface area contributed by atoms with Gasteiger partial charge >= 0.3 is 11.9 Å². The summed E-state index contributed by atoms with van der Waals surface area (Å²) in [5, 5.41) is 9.20. The molecule has 1 aliphatic rings. The van der Waals surface area contributed by atoms with Crippen LogP contribution < -0.4 is 29.1 Å². The monoisotopic (exact) mass is 676 g/mol. The van der Waals surface area contributed by atoms with Crippen LogP contribution in [0.1, 0.15) is 45.6 Å². The number of thiazole rings is 1. The van der Waals surface area contributed by atoms with Crippen LogP contribution in [-0.2, 0) is 16.1 Å². The van der Waals surface area contributed by atoms with Crippen LogP contribution in [0, 0.1) is 0 Å². The smallest absolute Gasteiger partial charge is 0.338 e. The minimum absolute atomic E-state index is 0.133. The van der Waals surface area contributed by atoms with E-state index in [0.717, 1.165) is 5.56 Å². The van der Waals surface area contributed by atoms with Gasteiger partial charge in [-0.2, -0.15) is 0 Å². The lowest BCUT2D eigenvalue weighted by molar-refractivity contribution is -0.138. The Balaban J connectivity index is 1.51. The van der Waals surface area contributed by atoms with Crippen molar-refractivity contribution in [2.75, 3.05) is 20.8 Å². The summed E-state index contributed by atoms with van der Waals surface area (Å²) >= 11 is 1.20. The number of rotatable bonds is 11. The molecule has 4 aromatic carbocycles. The van der Waals surface area contributed by atoms with Gasteiger partial charge in [0, 0.05) is 11.1 Å². The van der Waals surface area contributed by atoms with Crippen molar-refractivity contribution in [3.05, 3.63) is 150 Å². The van der Waals surface area contributed by atoms with Crippen LogP contribution in [0.5, 0.6) is 17.2 Å². The molecule has 6 rings (SSSR count). The summed E-state index contributed by atoms with van der Waals surface area (Å²) in [4.78, 5) is 44.7. The Kier molecular flexibility index (Phi) is 9.72. The molecule has 2 heterocycles. The summed E-state index contributed by atoms with van der Waals surface area (Å²) in [6.07, 6.45) is 1.74. The number of nitrogens with zero attached hydrogens (tertiary/aromatic N) is 2. The van der Waals surface area contributed by atoms with Gasteiger partial charge in [0.25, 0.3) is 5.56 Å². The van der Waals surface area contributed by atoms with Gasteiger partial charge in [0.15, 0.2) is 16.3 Å². The first-order valence-corrected chi connectivity index (χ1v) is 16.2. The molecule has 11 heteroatoms. The van der Waals surface area contributed by atoms with Gasteiger partial charge < -0.3 is 24.1 Å². The van der Waals surface area contributed by atoms with E-state index in [4.69, 9.17) is 23.9 Å². The molecule has 1 aliphatic heterocycles. The Bertz CT molecular complexity index is 2240. The molecule has 0 unspecified atom stereocenters. The van der Waals surface area contributed by atoms with Gasteiger partial charge in [-0.3, -0.25) is 9.36 Å². The number of methoxy groups -OCH3 is 2. The number of aromatic carboxylic acids is 1. The van der Waals surface area contributed by atoms with Crippen LogP contribution in [0.15, 0.2) is 112 Å². The zero-order chi connectivity index (χ0) is 34.5. The Labute approximate surface area is 285 Å². The zero-order valence-corrected chi connectivity index (χ0v) is 27.7. The number of carbonyl (C=O) groups is 2. The molecule has 0 saturated carbocycles. The lowest BCUT2D eigenvalue weighted by Gasteiger charge is -2.26. The highest BCUT2D eigenvalue weighted by molar-refractivity contribution is 7.07. The number of hydrogen-bond acceptors (Lipinski definition) is 9. The molecule has 49 heavy (non-hydrogen) atoms. The first kappa shape index (κ1) is 33.0. The molecule has 1 atom stereocenters. The summed E-state index contributed by atoms with van der Waals surface area (Å²) in [6.45, 7) is 2.05. The maximum atomic E-state index is 14.4. The van der Waals surface area contributed by atoms with E-state index in [0.29, 0.717) is 49.0 Å². The summed E-state index contributed by atoms with van der Waals surface area (Å²) in [6, 6.07) is 27.5. The summed E-state index contributed by atoms with van der Waals surface area (Å²) < 4.78 is 24.6. The van der Waals surface area contributed by atoms with E-state index >= 15 is 0 Å². The minimum Gasteiger partial charge on any atom is -0.493 e. The Morgan fingerprint density at radius 1 is 0.898 bits per heavy atom. The number of benzene rings is 4. The molecular formula is C38H32N2O8S. The number of carboxylic acids is 1. The molecule has 1 N–H and O–H groups in total. The zero-order valence-electron chi connectivity index (χ0n) is 26.9. The number of hydrogen-bond donors (Lipinski definition) is 1. The van der Waals surface area contributed by atoms with Crippen LogP contribution in [0.4, 0.5) is 0 Å². The van der Waals surface area contributed by atoms with E-state index < -0.39 is 18.0 Å². The van der Waals surface area contributed by atoms with Crippen LogP contribution in [-0.4, -0.2) is 42.4 Å². The number of fused-ring (bicyclic) bond motifs is 1. The molecule has 0 bridgehead atoms. The van der Waals surface area contributed by atoms with Gasteiger partial charge in [-0.15, -0.1) is 0 Å². The summed E-state index contributed by atoms with van der Waals surface area (Å²) in [5.74, 6) is -0.123. The van der Waals surface area contributed by atoms with Crippen LogP contribution in [0.3, 0.4) is 0 Å². The molecule has 0 saturated heterocycles. The molecule has 1 aromatic heterocycles. The van der Waals surface area contributed by atoms with Crippen molar-refractivity contribution in [2.24, 2.45) is 4.99 Å². The van der Waals surface area contributed by atoms with Crippen molar-refractivity contribution >= 4 is 35.0 Å². The predicted octanol–water partition coefficient (Wildman–Crippen LogP) is 5.23. The lowest BCUT2D eigenvalue weighted by atomic mass is 9.93. The summed E-state index contributed by atoms with van der Waals surface area (Å²) in [5.41, 5.74) is 3.21. The SMILES string of the molecule is CCOC(=O)C1=C(c2ccccc2)N=c2s/c(=C\c3ccccc3OCc3ccc(C(=O)O)cc3)c(=O)n2[C@H]1c1ccc(OC)c(OC)c1. The molecule has 248 valence electrons. The molecule has 0 amide bonds. The third-order valence-electron chi connectivity index (χ3n) is 7.90. The largest absolute Gasteiger partial charge is 0.493 e. The first-order valence-electron chi connectivity index (χ1n) is 15.4.